The van der Waals surface area contributed by atoms with Gasteiger partial charge >= 0.3 is 6.09 Å². The molecule has 244 valence electrons. The molecule has 0 aliphatic carbocycles. The molecule has 2 aliphatic heterocycles. The van der Waals surface area contributed by atoms with Gasteiger partial charge in [-0.3, -0.25) is 14.5 Å². The van der Waals surface area contributed by atoms with Crippen molar-refractivity contribution in [1.82, 2.24) is 9.80 Å². The van der Waals surface area contributed by atoms with Gasteiger partial charge < -0.3 is 29.6 Å². The first-order valence-corrected chi connectivity index (χ1v) is 15.8. The number of halogens is 1. The summed E-state index contributed by atoms with van der Waals surface area (Å²) in [5, 5.41) is 0.201. The number of carbonyl (C=O) groups is 3. The zero-order valence-corrected chi connectivity index (χ0v) is 27.3. The fourth-order valence-corrected chi connectivity index (χ4v) is 8.03. The summed E-state index contributed by atoms with van der Waals surface area (Å²) >= 11 is 6.55. The van der Waals surface area contributed by atoms with Gasteiger partial charge in [0.05, 0.1) is 33.1 Å². The Bertz CT molecular complexity index is 1820. The maximum atomic E-state index is 15.3. The number of rotatable bonds is 9. The Kier molecular flexibility index (Phi) is 8.81. The number of nitrogens with zero attached hydrogens (tertiary/aromatic N) is 3. The quantitative estimate of drug-likeness (QED) is 0.358. The van der Waals surface area contributed by atoms with Gasteiger partial charge in [0.25, 0.3) is 15.9 Å². The summed E-state index contributed by atoms with van der Waals surface area (Å²) in [6.07, 6.45) is -2.01. The number of ether oxygens (including phenoxy) is 4. The van der Waals surface area contributed by atoms with E-state index in [0.717, 1.165) is 0 Å². The van der Waals surface area contributed by atoms with Crippen LogP contribution in [0.2, 0.25) is 5.02 Å². The molecular weight excluding hydrogens is 640 g/mol. The van der Waals surface area contributed by atoms with Crippen LogP contribution in [-0.4, -0.2) is 90.2 Å². The van der Waals surface area contributed by atoms with Crippen molar-refractivity contribution in [2.45, 2.75) is 29.0 Å². The van der Waals surface area contributed by atoms with Crippen LogP contribution in [0.25, 0.3) is 0 Å². The SMILES string of the molecule is COc1ccc(S(=O)(=O)N2C(=O)[C@@](c3ccccc3OC)(N3C[C@H](OC(N)=O)C[C@H]3C(=O)N(C)C)c3cc(Cl)ccc32)c(OC)c1. The third-order valence-corrected chi connectivity index (χ3v) is 10.1. The molecule has 0 saturated carbocycles. The van der Waals surface area contributed by atoms with Gasteiger partial charge in [-0.25, -0.2) is 17.5 Å². The number of amides is 3. The highest BCUT2D eigenvalue weighted by atomic mass is 35.5. The number of methoxy groups -OCH3 is 3. The molecule has 2 aliphatic rings. The van der Waals surface area contributed by atoms with E-state index in [4.69, 9.17) is 36.3 Å². The molecular formula is C31H33ClN4O9S. The lowest BCUT2D eigenvalue weighted by atomic mass is 9.80. The van der Waals surface area contributed by atoms with Crippen molar-refractivity contribution in [2.75, 3.05) is 46.3 Å². The van der Waals surface area contributed by atoms with Gasteiger partial charge in [-0.2, -0.15) is 0 Å². The van der Waals surface area contributed by atoms with E-state index in [1.807, 2.05) is 0 Å². The first-order chi connectivity index (χ1) is 21.8. The van der Waals surface area contributed by atoms with E-state index < -0.39 is 45.6 Å². The number of likely N-dealkylation sites (tertiary alicyclic amines) is 1. The fourth-order valence-electron chi connectivity index (χ4n) is 6.26. The maximum absolute atomic E-state index is 15.3. The normalized spacial score (nSPS) is 21.1. The van der Waals surface area contributed by atoms with Crippen LogP contribution in [0.5, 0.6) is 17.2 Å². The van der Waals surface area contributed by atoms with Crippen LogP contribution in [0.3, 0.4) is 0 Å². The van der Waals surface area contributed by atoms with E-state index in [0.29, 0.717) is 10.1 Å². The highest BCUT2D eigenvalue weighted by molar-refractivity contribution is 7.93. The van der Waals surface area contributed by atoms with E-state index in [9.17, 15) is 18.0 Å². The highest BCUT2D eigenvalue weighted by Crippen LogP contribution is 2.55. The number of nitrogens with two attached hydrogens (primary N) is 1. The molecule has 5 rings (SSSR count). The van der Waals surface area contributed by atoms with Crippen LogP contribution in [0.4, 0.5) is 10.5 Å². The number of anilines is 1. The number of sulfonamides is 1. The van der Waals surface area contributed by atoms with Gasteiger partial charge in [0.15, 0.2) is 5.54 Å². The summed E-state index contributed by atoms with van der Waals surface area (Å²) in [6.45, 7) is -0.164. The van der Waals surface area contributed by atoms with Gasteiger partial charge in [-0.15, -0.1) is 0 Å². The third kappa shape index (κ3) is 5.15. The molecule has 0 bridgehead atoms. The van der Waals surface area contributed by atoms with Crippen molar-refractivity contribution in [3.8, 4) is 17.2 Å². The number of carbonyl (C=O) groups excluding carboxylic acids is 3. The van der Waals surface area contributed by atoms with Crippen molar-refractivity contribution in [3.05, 3.63) is 76.8 Å². The Labute approximate surface area is 271 Å². The van der Waals surface area contributed by atoms with E-state index >= 15 is 4.79 Å². The minimum absolute atomic E-state index is 0.00602. The van der Waals surface area contributed by atoms with Crippen molar-refractivity contribution in [1.29, 1.82) is 0 Å². The molecule has 13 nitrogen and oxygen atoms in total. The summed E-state index contributed by atoms with van der Waals surface area (Å²) < 4.78 is 51.7. The lowest BCUT2D eigenvalue weighted by Gasteiger charge is -2.42. The Balaban J connectivity index is 1.86. The minimum Gasteiger partial charge on any atom is -0.497 e. The monoisotopic (exact) mass is 672 g/mol. The van der Waals surface area contributed by atoms with Crippen LogP contribution in [0.15, 0.2) is 65.6 Å². The first-order valence-electron chi connectivity index (χ1n) is 14.0. The van der Waals surface area contributed by atoms with Gasteiger partial charge in [-0.05, 0) is 36.4 Å². The summed E-state index contributed by atoms with van der Waals surface area (Å²) in [5.41, 5.74) is 3.75. The largest absolute Gasteiger partial charge is 0.497 e. The van der Waals surface area contributed by atoms with Gasteiger partial charge in [0, 0.05) is 49.3 Å². The van der Waals surface area contributed by atoms with Crippen molar-refractivity contribution >= 4 is 45.2 Å². The molecule has 0 aromatic heterocycles. The van der Waals surface area contributed by atoms with E-state index in [1.54, 1.807) is 43.3 Å². The number of hydrogen-bond acceptors (Lipinski definition) is 10. The number of likely N-dealkylation sites (N-methyl/N-ethyl adjacent to an activating group) is 1. The second-order valence-electron chi connectivity index (χ2n) is 10.9. The third-order valence-electron chi connectivity index (χ3n) is 8.15. The molecule has 3 atom stereocenters. The van der Waals surface area contributed by atoms with Crippen LogP contribution in [-0.2, 0) is 29.9 Å². The van der Waals surface area contributed by atoms with Crippen molar-refractivity contribution in [3.63, 3.8) is 0 Å². The molecule has 2 heterocycles. The minimum atomic E-state index is -4.70. The lowest BCUT2D eigenvalue weighted by molar-refractivity contribution is -0.138. The standard InChI is InChI=1S/C31H33ClN4O9S/c1-34(2)28(37)24-15-20(45-30(33)39)17-35(24)31(21-8-6-7-9-25(21)43-4)22-14-18(32)10-12-23(22)36(29(31)38)46(40,41)27-13-11-19(42-3)16-26(27)44-5/h6-14,16,20,24H,15,17H2,1-5H3,(H2,33,39)/t20-,24+,31+/m1/s1. The van der Waals surface area contributed by atoms with E-state index in [2.05, 4.69) is 0 Å². The molecule has 1 saturated heterocycles. The molecule has 0 unspecified atom stereocenters. The molecule has 3 amide bonds. The predicted molar refractivity (Wildman–Crippen MR) is 168 cm³/mol. The predicted octanol–water partition coefficient (Wildman–Crippen LogP) is 2.97. The van der Waals surface area contributed by atoms with Crippen molar-refractivity contribution < 1.29 is 41.7 Å². The average molecular weight is 673 g/mol. The smallest absolute Gasteiger partial charge is 0.404 e. The van der Waals surface area contributed by atoms with E-state index in [-0.39, 0.29) is 51.2 Å². The van der Waals surface area contributed by atoms with Crippen LogP contribution < -0.4 is 24.2 Å². The number of hydrogen-bond donors (Lipinski definition) is 1. The van der Waals surface area contributed by atoms with Crippen LogP contribution in [0.1, 0.15) is 17.5 Å². The van der Waals surface area contributed by atoms with Gasteiger partial charge in [-0.1, -0.05) is 29.8 Å². The van der Waals surface area contributed by atoms with E-state index in [1.165, 1.54) is 62.6 Å². The maximum Gasteiger partial charge on any atom is 0.404 e. The lowest BCUT2D eigenvalue weighted by Crippen LogP contribution is -2.59. The van der Waals surface area contributed by atoms with Gasteiger partial charge in [0.2, 0.25) is 5.91 Å². The molecule has 0 radical (unpaired) electrons. The van der Waals surface area contributed by atoms with Crippen LogP contribution in [0, 0.1) is 0 Å². The second-order valence-corrected chi connectivity index (χ2v) is 13.1. The molecule has 1 fully saturated rings. The Morgan fingerprint density at radius 3 is 2.28 bits per heavy atom. The number of para-hydroxylation sites is 1. The van der Waals surface area contributed by atoms with Crippen molar-refractivity contribution in [2.24, 2.45) is 5.73 Å². The Morgan fingerprint density at radius 2 is 1.65 bits per heavy atom. The molecule has 15 heteroatoms. The molecule has 3 aromatic carbocycles. The highest BCUT2D eigenvalue weighted by Gasteiger charge is 2.64. The van der Waals surface area contributed by atoms with Gasteiger partial charge in [0.1, 0.15) is 28.2 Å². The Morgan fingerprint density at radius 1 is 0.957 bits per heavy atom. The summed E-state index contributed by atoms with van der Waals surface area (Å²) in [7, 11) is 2.52. The summed E-state index contributed by atoms with van der Waals surface area (Å²) in [5.74, 6) is -0.850. The fraction of sp³-hybridized carbons (Fsp3) is 0.323. The first kappa shape index (κ1) is 32.9. The molecule has 3 aromatic rings. The molecule has 0 spiro atoms. The summed E-state index contributed by atoms with van der Waals surface area (Å²) in [4.78, 5) is 43.6. The second kappa shape index (κ2) is 12.3. The zero-order chi connectivity index (χ0) is 33.6. The van der Waals surface area contributed by atoms with Crippen LogP contribution >= 0.6 is 11.6 Å². The Hall–Kier alpha value is -4.53. The molecule has 46 heavy (non-hydrogen) atoms. The zero-order valence-electron chi connectivity index (χ0n) is 25.7. The average Bonchev–Trinajstić information content (AvgIpc) is 3.55. The summed E-state index contributed by atoms with van der Waals surface area (Å²) in [6, 6.07) is 14.0. The number of primary amides is 1. The molecule has 2 N–H and O–H groups in total. The topological polar surface area (TPSA) is 158 Å². The number of fused-ring (bicyclic) bond motifs is 1. The number of benzene rings is 3.